The van der Waals surface area contributed by atoms with Crippen LogP contribution >= 0.6 is 11.6 Å². The fourth-order valence-corrected chi connectivity index (χ4v) is 5.17. The van der Waals surface area contributed by atoms with E-state index in [1.165, 1.54) is 16.2 Å². The summed E-state index contributed by atoms with van der Waals surface area (Å²) >= 11 is 5.94. The number of halogens is 1. The van der Waals surface area contributed by atoms with Crippen LogP contribution in [0.5, 0.6) is 0 Å². The van der Waals surface area contributed by atoms with Crippen molar-refractivity contribution in [1.82, 2.24) is 10.2 Å². The molecule has 0 spiro atoms. The van der Waals surface area contributed by atoms with E-state index in [0.717, 1.165) is 29.7 Å². The van der Waals surface area contributed by atoms with Crippen LogP contribution in [0.2, 0.25) is 5.02 Å². The van der Waals surface area contributed by atoms with E-state index < -0.39 is 6.03 Å². The molecule has 32 heavy (non-hydrogen) atoms. The van der Waals surface area contributed by atoms with Crippen LogP contribution in [-0.4, -0.2) is 28.9 Å². The summed E-state index contributed by atoms with van der Waals surface area (Å²) < 4.78 is 0. The first-order valence-electron chi connectivity index (χ1n) is 11.1. The number of imide groups is 1. The van der Waals surface area contributed by atoms with Crippen LogP contribution in [0.1, 0.15) is 62.3 Å². The predicted molar refractivity (Wildman–Crippen MR) is 130 cm³/mol. The summed E-state index contributed by atoms with van der Waals surface area (Å²) in [6.45, 7) is 12.2. The molecule has 1 unspecified atom stereocenters. The van der Waals surface area contributed by atoms with Gasteiger partial charge in [0.15, 0.2) is 0 Å². The van der Waals surface area contributed by atoms with E-state index >= 15 is 0 Å². The number of nitrogens with zero attached hydrogens (tertiary/aromatic N) is 2. The maximum absolute atomic E-state index is 13.0. The summed E-state index contributed by atoms with van der Waals surface area (Å²) in [5.41, 5.74) is 5.86. The standard InChI is InChI=1S/C26H30ClN3O2/c1-6-30-23-11-16(2)19(12-21(23)17(3)14-26(30,4)5)13-22-24(31)29(25(32)28-22)15-18-7-9-20(27)10-8-18/h7-13,17H,6,14-15H2,1-5H3,(H,28,32)/b22-13-. The SMILES string of the molecule is CCN1c2cc(C)c(/C=C3\NC(=O)N(Cc4ccc(Cl)cc4)C3=O)cc2C(C)CC1(C)C. The van der Waals surface area contributed by atoms with Crippen molar-refractivity contribution in [2.24, 2.45) is 0 Å². The summed E-state index contributed by atoms with van der Waals surface area (Å²) in [6, 6.07) is 11.1. The number of carbonyl (C=O) groups excluding carboxylic acids is 2. The average molecular weight is 452 g/mol. The Bertz CT molecular complexity index is 1100. The highest BCUT2D eigenvalue weighted by Gasteiger charge is 2.36. The normalized spacial score (nSPS) is 21.2. The minimum Gasteiger partial charge on any atom is -0.366 e. The van der Waals surface area contributed by atoms with E-state index in [1.54, 1.807) is 18.2 Å². The summed E-state index contributed by atoms with van der Waals surface area (Å²) in [5.74, 6) is 0.0993. The number of anilines is 1. The summed E-state index contributed by atoms with van der Waals surface area (Å²) in [5, 5.41) is 3.37. The van der Waals surface area contributed by atoms with Gasteiger partial charge in [-0.05, 0) is 92.6 Å². The molecule has 0 aromatic heterocycles. The van der Waals surface area contributed by atoms with Gasteiger partial charge < -0.3 is 10.2 Å². The van der Waals surface area contributed by atoms with Gasteiger partial charge in [-0.3, -0.25) is 9.69 Å². The molecule has 2 aliphatic heterocycles. The zero-order valence-electron chi connectivity index (χ0n) is 19.3. The molecule has 0 radical (unpaired) electrons. The Labute approximate surface area is 195 Å². The molecular formula is C26H30ClN3O2. The van der Waals surface area contributed by atoms with E-state index in [0.29, 0.717) is 16.6 Å². The van der Waals surface area contributed by atoms with Crippen molar-refractivity contribution in [3.05, 3.63) is 69.4 Å². The number of rotatable bonds is 4. The quantitative estimate of drug-likeness (QED) is 0.468. The van der Waals surface area contributed by atoms with Gasteiger partial charge in [-0.15, -0.1) is 0 Å². The lowest BCUT2D eigenvalue weighted by Gasteiger charge is -2.47. The number of hydrogen-bond donors (Lipinski definition) is 1. The van der Waals surface area contributed by atoms with Gasteiger partial charge in [0.05, 0.1) is 6.54 Å². The van der Waals surface area contributed by atoms with Crippen LogP contribution in [0.3, 0.4) is 0 Å². The van der Waals surface area contributed by atoms with Crippen LogP contribution < -0.4 is 10.2 Å². The van der Waals surface area contributed by atoms with Crippen molar-refractivity contribution in [2.45, 2.75) is 59.0 Å². The highest BCUT2D eigenvalue weighted by atomic mass is 35.5. The number of benzene rings is 2. The molecule has 2 aromatic rings. The number of urea groups is 1. The van der Waals surface area contributed by atoms with Gasteiger partial charge in [-0.2, -0.15) is 0 Å². The van der Waals surface area contributed by atoms with Crippen LogP contribution in [0.25, 0.3) is 6.08 Å². The van der Waals surface area contributed by atoms with Crippen molar-refractivity contribution >= 4 is 35.3 Å². The van der Waals surface area contributed by atoms with E-state index in [1.807, 2.05) is 12.1 Å². The third kappa shape index (κ3) is 4.02. The van der Waals surface area contributed by atoms with Gasteiger partial charge >= 0.3 is 6.03 Å². The molecule has 2 aliphatic rings. The van der Waals surface area contributed by atoms with Gasteiger partial charge in [0.1, 0.15) is 5.70 Å². The zero-order valence-corrected chi connectivity index (χ0v) is 20.1. The first kappa shape index (κ1) is 22.4. The molecule has 1 N–H and O–H groups in total. The van der Waals surface area contributed by atoms with E-state index in [4.69, 9.17) is 11.6 Å². The van der Waals surface area contributed by atoms with Gasteiger partial charge in [0, 0.05) is 22.8 Å². The molecule has 0 aliphatic carbocycles. The lowest BCUT2D eigenvalue weighted by atomic mass is 9.79. The molecule has 2 heterocycles. The number of carbonyl (C=O) groups is 2. The van der Waals surface area contributed by atoms with Crippen molar-refractivity contribution in [1.29, 1.82) is 0 Å². The van der Waals surface area contributed by atoms with E-state index in [9.17, 15) is 9.59 Å². The van der Waals surface area contributed by atoms with Gasteiger partial charge in [-0.25, -0.2) is 4.79 Å². The van der Waals surface area contributed by atoms with Crippen LogP contribution in [0, 0.1) is 6.92 Å². The van der Waals surface area contributed by atoms with Crippen molar-refractivity contribution < 1.29 is 9.59 Å². The average Bonchev–Trinajstić information content (AvgIpc) is 2.98. The smallest absolute Gasteiger partial charge is 0.329 e. The van der Waals surface area contributed by atoms with E-state index in [2.05, 4.69) is 57.0 Å². The molecule has 3 amide bonds. The molecule has 6 heteroatoms. The van der Waals surface area contributed by atoms with Gasteiger partial charge in [-0.1, -0.05) is 30.7 Å². The van der Waals surface area contributed by atoms with Crippen molar-refractivity contribution in [3.63, 3.8) is 0 Å². The highest BCUT2D eigenvalue weighted by molar-refractivity contribution is 6.30. The third-order valence-corrected chi connectivity index (χ3v) is 6.86. The Morgan fingerprint density at radius 2 is 1.88 bits per heavy atom. The number of fused-ring (bicyclic) bond motifs is 1. The van der Waals surface area contributed by atoms with Crippen LogP contribution in [-0.2, 0) is 11.3 Å². The lowest BCUT2D eigenvalue weighted by molar-refractivity contribution is -0.123. The molecule has 1 fully saturated rings. The molecular weight excluding hydrogens is 422 g/mol. The van der Waals surface area contributed by atoms with Gasteiger partial charge in [0.2, 0.25) is 0 Å². The Balaban J connectivity index is 1.64. The van der Waals surface area contributed by atoms with Crippen LogP contribution in [0.15, 0.2) is 42.1 Å². The predicted octanol–water partition coefficient (Wildman–Crippen LogP) is 5.85. The Morgan fingerprint density at radius 1 is 1.19 bits per heavy atom. The summed E-state index contributed by atoms with van der Waals surface area (Å²) in [7, 11) is 0. The molecule has 5 nitrogen and oxygen atoms in total. The molecule has 1 atom stereocenters. The maximum Gasteiger partial charge on any atom is 0.329 e. The first-order valence-corrected chi connectivity index (χ1v) is 11.5. The largest absolute Gasteiger partial charge is 0.366 e. The number of hydrogen-bond acceptors (Lipinski definition) is 3. The molecule has 4 rings (SSSR count). The minimum absolute atomic E-state index is 0.102. The number of aryl methyl sites for hydroxylation is 1. The second-order valence-corrected chi connectivity index (χ2v) is 9.87. The lowest BCUT2D eigenvalue weighted by Crippen LogP contribution is -2.48. The Hall–Kier alpha value is -2.79. The highest BCUT2D eigenvalue weighted by Crippen LogP contribution is 2.44. The monoisotopic (exact) mass is 451 g/mol. The third-order valence-electron chi connectivity index (χ3n) is 6.61. The Morgan fingerprint density at radius 3 is 2.53 bits per heavy atom. The minimum atomic E-state index is -0.404. The fraction of sp³-hybridized carbons (Fsp3) is 0.385. The number of amides is 3. The topological polar surface area (TPSA) is 52.7 Å². The van der Waals surface area contributed by atoms with Crippen molar-refractivity contribution in [3.8, 4) is 0 Å². The Kier molecular flexibility index (Phi) is 5.80. The summed E-state index contributed by atoms with van der Waals surface area (Å²) in [6.07, 6.45) is 2.87. The van der Waals surface area contributed by atoms with E-state index in [-0.39, 0.29) is 18.0 Å². The van der Waals surface area contributed by atoms with Crippen LogP contribution in [0.4, 0.5) is 10.5 Å². The van der Waals surface area contributed by atoms with Crippen molar-refractivity contribution in [2.75, 3.05) is 11.4 Å². The second-order valence-electron chi connectivity index (χ2n) is 9.44. The molecule has 168 valence electrons. The maximum atomic E-state index is 13.0. The second kappa shape index (κ2) is 8.28. The van der Waals surface area contributed by atoms with Gasteiger partial charge in [0.25, 0.3) is 5.91 Å². The fourth-order valence-electron chi connectivity index (χ4n) is 5.05. The molecule has 0 saturated carbocycles. The first-order chi connectivity index (χ1) is 15.1. The molecule has 2 aromatic carbocycles. The number of nitrogens with one attached hydrogen (secondary N) is 1. The molecule has 1 saturated heterocycles. The molecule has 0 bridgehead atoms. The summed E-state index contributed by atoms with van der Waals surface area (Å²) in [4.78, 5) is 29.2. The zero-order chi connectivity index (χ0) is 23.2.